The minimum atomic E-state index is -0.419. The number of carbonyl (C=O) groups excluding carboxylic acids is 2. The second-order valence-electron chi connectivity index (χ2n) is 7.01. The Bertz CT molecular complexity index is 816. The van der Waals surface area contributed by atoms with E-state index in [2.05, 4.69) is 10.4 Å². The number of amides is 2. The van der Waals surface area contributed by atoms with Gasteiger partial charge in [0.1, 0.15) is 6.04 Å². The Kier molecular flexibility index (Phi) is 5.91. The fraction of sp³-hybridized carbons (Fsp3) is 0.450. The molecule has 1 saturated heterocycles. The zero-order valence-electron chi connectivity index (χ0n) is 16.2. The standard InChI is InChI=1S/C20H27N5O2/c1-15-6-4-7-16(12-15)19(26)24-8-5-9-25(11-10-24)20(27)18(21-2)17-13-22-23(3)14-17/h4,6-7,12-14,18,21H,5,8-11H2,1-3H3. The third-order valence-corrected chi connectivity index (χ3v) is 4.95. The third-order valence-electron chi connectivity index (χ3n) is 4.95. The van der Waals surface area contributed by atoms with Gasteiger partial charge in [0.05, 0.1) is 6.20 Å². The average Bonchev–Trinajstić information content (AvgIpc) is 2.93. The first-order chi connectivity index (χ1) is 13.0. The first kappa shape index (κ1) is 19.1. The van der Waals surface area contributed by atoms with E-state index in [1.165, 1.54) is 0 Å². The smallest absolute Gasteiger partial charge is 0.253 e. The van der Waals surface area contributed by atoms with Gasteiger partial charge in [-0.2, -0.15) is 5.10 Å². The predicted molar refractivity (Wildman–Crippen MR) is 103 cm³/mol. The Morgan fingerprint density at radius 2 is 1.89 bits per heavy atom. The summed E-state index contributed by atoms with van der Waals surface area (Å²) in [4.78, 5) is 29.5. The van der Waals surface area contributed by atoms with Gasteiger partial charge in [0.25, 0.3) is 5.91 Å². The van der Waals surface area contributed by atoms with Crippen molar-refractivity contribution in [3.63, 3.8) is 0 Å². The molecule has 0 spiro atoms. The molecule has 2 aromatic rings. The van der Waals surface area contributed by atoms with Crippen molar-refractivity contribution in [2.45, 2.75) is 19.4 Å². The number of aryl methyl sites for hydroxylation is 2. The number of benzene rings is 1. The van der Waals surface area contributed by atoms with Gasteiger partial charge in [-0.3, -0.25) is 14.3 Å². The molecule has 27 heavy (non-hydrogen) atoms. The highest BCUT2D eigenvalue weighted by Crippen LogP contribution is 2.17. The first-order valence-electron chi connectivity index (χ1n) is 9.30. The number of nitrogens with one attached hydrogen (secondary N) is 1. The highest BCUT2D eigenvalue weighted by molar-refractivity contribution is 5.94. The Balaban J connectivity index is 1.67. The molecule has 2 heterocycles. The molecule has 2 amide bonds. The van der Waals surface area contributed by atoms with Crippen LogP contribution in [-0.4, -0.2) is 64.6 Å². The predicted octanol–water partition coefficient (Wildman–Crippen LogP) is 1.36. The van der Waals surface area contributed by atoms with E-state index in [9.17, 15) is 9.59 Å². The molecule has 1 atom stereocenters. The second-order valence-corrected chi connectivity index (χ2v) is 7.01. The summed E-state index contributed by atoms with van der Waals surface area (Å²) in [6, 6.07) is 7.23. The first-order valence-corrected chi connectivity index (χ1v) is 9.30. The molecule has 1 N–H and O–H groups in total. The third kappa shape index (κ3) is 4.36. The maximum absolute atomic E-state index is 13.0. The second kappa shape index (κ2) is 8.35. The minimum Gasteiger partial charge on any atom is -0.339 e. The van der Waals surface area contributed by atoms with Gasteiger partial charge in [-0.25, -0.2) is 0 Å². The van der Waals surface area contributed by atoms with Crippen LogP contribution in [0.3, 0.4) is 0 Å². The van der Waals surface area contributed by atoms with Crippen LogP contribution in [0.15, 0.2) is 36.7 Å². The largest absolute Gasteiger partial charge is 0.339 e. The fourth-order valence-electron chi connectivity index (χ4n) is 3.51. The number of likely N-dealkylation sites (N-methyl/N-ethyl adjacent to an activating group) is 1. The minimum absolute atomic E-state index is 0.0235. The Hall–Kier alpha value is -2.67. The molecule has 0 saturated carbocycles. The highest BCUT2D eigenvalue weighted by Gasteiger charge is 2.28. The molecule has 0 bridgehead atoms. The van der Waals surface area contributed by atoms with Crippen LogP contribution in [0.1, 0.15) is 33.9 Å². The van der Waals surface area contributed by atoms with Crippen molar-refractivity contribution in [3.05, 3.63) is 53.3 Å². The van der Waals surface area contributed by atoms with Crippen LogP contribution in [0.5, 0.6) is 0 Å². The summed E-state index contributed by atoms with van der Waals surface area (Å²) in [5.41, 5.74) is 2.63. The summed E-state index contributed by atoms with van der Waals surface area (Å²) in [6.07, 6.45) is 4.33. The number of hydrogen-bond acceptors (Lipinski definition) is 4. The topological polar surface area (TPSA) is 70.5 Å². The number of nitrogens with zero attached hydrogens (tertiary/aromatic N) is 4. The summed E-state index contributed by atoms with van der Waals surface area (Å²) < 4.78 is 1.69. The summed E-state index contributed by atoms with van der Waals surface area (Å²) >= 11 is 0. The van der Waals surface area contributed by atoms with Crippen molar-refractivity contribution in [2.24, 2.45) is 7.05 Å². The number of carbonyl (C=O) groups is 2. The molecule has 7 nitrogen and oxygen atoms in total. The van der Waals surface area contributed by atoms with E-state index in [4.69, 9.17) is 0 Å². The molecule has 144 valence electrons. The van der Waals surface area contributed by atoms with E-state index in [0.717, 1.165) is 17.5 Å². The average molecular weight is 369 g/mol. The van der Waals surface area contributed by atoms with E-state index in [1.807, 2.05) is 54.2 Å². The SMILES string of the molecule is CNC(C(=O)N1CCCN(C(=O)c2cccc(C)c2)CC1)c1cnn(C)c1. The van der Waals surface area contributed by atoms with Gasteiger partial charge in [0.2, 0.25) is 5.91 Å². The number of rotatable bonds is 4. The van der Waals surface area contributed by atoms with Crippen LogP contribution < -0.4 is 5.32 Å². The Morgan fingerprint density at radius 1 is 1.15 bits per heavy atom. The van der Waals surface area contributed by atoms with E-state index >= 15 is 0 Å². The van der Waals surface area contributed by atoms with Crippen LogP contribution >= 0.6 is 0 Å². The molecular weight excluding hydrogens is 342 g/mol. The van der Waals surface area contributed by atoms with Gasteiger partial charge in [-0.1, -0.05) is 17.7 Å². The molecule has 0 aliphatic carbocycles. The van der Waals surface area contributed by atoms with E-state index in [-0.39, 0.29) is 11.8 Å². The zero-order chi connectivity index (χ0) is 19.4. The van der Waals surface area contributed by atoms with Crippen molar-refractivity contribution in [2.75, 3.05) is 33.2 Å². The van der Waals surface area contributed by atoms with Gasteiger partial charge in [0.15, 0.2) is 0 Å². The van der Waals surface area contributed by atoms with Crippen molar-refractivity contribution >= 4 is 11.8 Å². The van der Waals surface area contributed by atoms with E-state index in [1.54, 1.807) is 17.9 Å². The molecule has 1 unspecified atom stereocenters. The molecule has 1 fully saturated rings. The van der Waals surface area contributed by atoms with Crippen LogP contribution in [0.4, 0.5) is 0 Å². The van der Waals surface area contributed by atoms with E-state index < -0.39 is 6.04 Å². The molecule has 7 heteroatoms. The molecule has 0 radical (unpaired) electrons. The zero-order valence-corrected chi connectivity index (χ0v) is 16.2. The van der Waals surface area contributed by atoms with E-state index in [0.29, 0.717) is 31.7 Å². The van der Waals surface area contributed by atoms with Crippen molar-refractivity contribution in [1.29, 1.82) is 0 Å². The number of aromatic nitrogens is 2. The lowest BCUT2D eigenvalue weighted by atomic mass is 10.1. The lowest BCUT2D eigenvalue weighted by Crippen LogP contribution is -2.42. The van der Waals surface area contributed by atoms with Gasteiger partial charge in [0, 0.05) is 50.6 Å². The van der Waals surface area contributed by atoms with Gasteiger partial charge in [-0.05, 0) is 32.5 Å². The van der Waals surface area contributed by atoms with Gasteiger partial charge < -0.3 is 15.1 Å². The molecule has 1 aliphatic heterocycles. The van der Waals surface area contributed by atoms with Crippen LogP contribution in [0, 0.1) is 6.92 Å². The normalized spacial score (nSPS) is 16.1. The number of hydrogen-bond donors (Lipinski definition) is 1. The quantitative estimate of drug-likeness (QED) is 0.884. The molecule has 3 rings (SSSR count). The van der Waals surface area contributed by atoms with Crippen molar-refractivity contribution in [3.8, 4) is 0 Å². The molecular formula is C20H27N5O2. The monoisotopic (exact) mass is 369 g/mol. The maximum Gasteiger partial charge on any atom is 0.253 e. The summed E-state index contributed by atoms with van der Waals surface area (Å²) in [7, 11) is 3.61. The van der Waals surface area contributed by atoms with Gasteiger partial charge in [-0.15, -0.1) is 0 Å². The highest BCUT2D eigenvalue weighted by atomic mass is 16.2. The van der Waals surface area contributed by atoms with Crippen LogP contribution in [0.25, 0.3) is 0 Å². The Morgan fingerprint density at radius 3 is 2.56 bits per heavy atom. The fourth-order valence-corrected chi connectivity index (χ4v) is 3.51. The summed E-state index contributed by atoms with van der Waals surface area (Å²) in [5.74, 6) is 0.0563. The molecule has 1 aliphatic rings. The molecule has 1 aromatic carbocycles. The van der Waals surface area contributed by atoms with Crippen molar-refractivity contribution in [1.82, 2.24) is 24.9 Å². The molecule has 1 aromatic heterocycles. The summed E-state index contributed by atoms with van der Waals surface area (Å²) in [6.45, 7) is 4.37. The van der Waals surface area contributed by atoms with Crippen LogP contribution in [-0.2, 0) is 11.8 Å². The van der Waals surface area contributed by atoms with Crippen molar-refractivity contribution < 1.29 is 9.59 Å². The maximum atomic E-state index is 13.0. The summed E-state index contributed by atoms with van der Waals surface area (Å²) in [5, 5.41) is 7.25. The lowest BCUT2D eigenvalue weighted by molar-refractivity contribution is -0.133. The lowest BCUT2D eigenvalue weighted by Gasteiger charge is -2.26. The van der Waals surface area contributed by atoms with Gasteiger partial charge >= 0.3 is 0 Å². The Labute approximate surface area is 159 Å². The van der Waals surface area contributed by atoms with Crippen LogP contribution in [0.2, 0.25) is 0 Å².